The van der Waals surface area contributed by atoms with Crippen LogP contribution in [0.5, 0.6) is 0 Å². The lowest BCUT2D eigenvalue weighted by Gasteiger charge is -1.98. The molecule has 0 aromatic rings. The summed E-state index contributed by atoms with van der Waals surface area (Å²) in [5, 5.41) is 0. The fraction of sp³-hybridized carbons (Fsp3) is 1.00. The summed E-state index contributed by atoms with van der Waals surface area (Å²) in [6, 6.07) is 0. The van der Waals surface area contributed by atoms with Gasteiger partial charge in [-0.25, -0.2) is 0 Å². The zero-order chi connectivity index (χ0) is 5.82. The van der Waals surface area contributed by atoms with Crippen LogP contribution >= 0.6 is 6.70 Å². The lowest BCUT2D eigenvalue weighted by Crippen LogP contribution is -1.92. The third-order valence-corrected chi connectivity index (χ3v) is 4.99. The Hall–Kier alpha value is 0.320. The van der Waals surface area contributed by atoms with E-state index >= 15 is 0 Å². The first-order chi connectivity index (χ1) is 3.93. The Labute approximate surface area is 54.0 Å². The summed E-state index contributed by atoms with van der Waals surface area (Å²) in [6.45, 7) is -0.108. The molecule has 1 aliphatic rings. The molecule has 8 heavy (non-hydrogen) atoms. The smallest absolute Gasteiger partial charge is 0.166 e. The molecular weight excluding hydrogens is 139 g/mol. The average Bonchev–Trinajstić information content (AvgIpc) is 1.90. The van der Waals surface area contributed by atoms with Gasteiger partial charge >= 0.3 is 0 Å². The minimum absolute atomic E-state index is 0.108. The van der Waals surface area contributed by atoms with E-state index in [0.717, 1.165) is 10.8 Å². The van der Waals surface area contributed by atoms with Crippen LogP contribution in [0.2, 0.25) is 0 Å². The second-order valence-electron chi connectivity index (χ2n) is 2.06. The van der Waals surface area contributed by atoms with E-state index in [4.69, 9.17) is 0 Å². The van der Waals surface area contributed by atoms with E-state index in [2.05, 4.69) is 0 Å². The molecule has 0 unspecified atom stereocenters. The second-order valence-corrected chi connectivity index (χ2v) is 6.07. The molecule has 0 N–H and O–H groups in total. The summed E-state index contributed by atoms with van der Waals surface area (Å²) in [5.74, 6) is 0. The normalized spacial score (nSPS) is 20.8. The van der Waals surface area contributed by atoms with Crippen molar-refractivity contribution >= 4 is 17.5 Å². The van der Waals surface area contributed by atoms with Gasteiger partial charge in [0.1, 0.15) is 12.3 Å². The van der Waals surface area contributed by atoms with Gasteiger partial charge in [-0.1, -0.05) is 0 Å². The van der Waals surface area contributed by atoms with Crippen molar-refractivity contribution < 1.29 is 4.21 Å². The standard InChI is InChI=1S/C5H10OPS/c6-8-7-4-2-1-3-5-7/h1-5H2/q+1. The van der Waals surface area contributed by atoms with Gasteiger partial charge in [0, 0.05) is 0 Å². The van der Waals surface area contributed by atoms with Crippen molar-refractivity contribution in [3.05, 3.63) is 0 Å². The summed E-state index contributed by atoms with van der Waals surface area (Å²) in [5.41, 5.74) is 0. The highest BCUT2D eigenvalue weighted by atomic mass is 32.5. The minimum Gasteiger partial charge on any atom is -0.166 e. The van der Waals surface area contributed by atoms with Crippen LogP contribution in [0, 0.1) is 0 Å². The molecule has 0 saturated carbocycles. The van der Waals surface area contributed by atoms with Crippen molar-refractivity contribution in [2.75, 3.05) is 12.3 Å². The second kappa shape index (κ2) is 3.37. The van der Waals surface area contributed by atoms with Crippen LogP contribution in [-0.2, 0) is 10.8 Å². The highest BCUT2D eigenvalue weighted by molar-refractivity contribution is 8.08. The highest BCUT2D eigenvalue weighted by Gasteiger charge is 2.15. The summed E-state index contributed by atoms with van der Waals surface area (Å²) >= 11 is 0. The van der Waals surface area contributed by atoms with E-state index in [1.165, 1.54) is 31.6 Å². The molecule has 0 amide bonds. The Morgan fingerprint density at radius 1 is 1.12 bits per heavy atom. The molecular formula is C5H10OPS+. The van der Waals surface area contributed by atoms with Crippen molar-refractivity contribution in [3.8, 4) is 0 Å². The summed E-state index contributed by atoms with van der Waals surface area (Å²) in [7, 11) is 0.861. The molecule has 0 spiro atoms. The van der Waals surface area contributed by atoms with Crippen LogP contribution in [0.25, 0.3) is 0 Å². The van der Waals surface area contributed by atoms with Crippen molar-refractivity contribution in [1.29, 1.82) is 0 Å². The van der Waals surface area contributed by atoms with E-state index in [-0.39, 0.29) is 6.70 Å². The van der Waals surface area contributed by atoms with Gasteiger partial charge in [-0.2, -0.15) is 4.21 Å². The summed E-state index contributed by atoms with van der Waals surface area (Å²) in [6.07, 6.45) is 6.42. The zero-order valence-corrected chi connectivity index (χ0v) is 6.51. The van der Waals surface area contributed by atoms with E-state index in [1.807, 2.05) is 0 Å². The van der Waals surface area contributed by atoms with Gasteiger partial charge in [0.2, 0.25) is 6.70 Å². The molecule has 1 saturated heterocycles. The van der Waals surface area contributed by atoms with Crippen LogP contribution in [0.1, 0.15) is 19.3 Å². The Kier molecular flexibility index (Phi) is 2.71. The third-order valence-electron chi connectivity index (χ3n) is 1.42. The molecule has 1 nitrogen and oxygen atoms in total. The van der Waals surface area contributed by atoms with Gasteiger partial charge < -0.3 is 0 Å². The van der Waals surface area contributed by atoms with Gasteiger partial charge in [0.15, 0.2) is 0 Å². The van der Waals surface area contributed by atoms with Gasteiger partial charge in [-0.15, -0.1) is 0 Å². The Balaban J connectivity index is 2.45. The van der Waals surface area contributed by atoms with E-state index in [9.17, 15) is 4.21 Å². The van der Waals surface area contributed by atoms with E-state index in [0.29, 0.717) is 0 Å². The summed E-state index contributed by atoms with van der Waals surface area (Å²) in [4.78, 5) is 0. The van der Waals surface area contributed by atoms with Gasteiger partial charge in [0.25, 0.3) is 10.8 Å². The van der Waals surface area contributed by atoms with Crippen molar-refractivity contribution in [2.45, 2.75) is 19.3 Å². The van der Waals surface area contributed by atoms with Gasteiger partial charge in [0.05, 0.1) is 0 Å². The van der Waals surface area contributed by atoms with Crippen molar-refractivity contribution in [1.82, 2.24) is 0 Å². The average molecular weight is 149 g/mol. The quantitative estimate of drug-likeness (QED) is 0.480. The molecule has 1 fully saturated rings. The van der Waals surface area contributed by atoms with Gasteiger partial charge in [-0.3, -0.25) is 0 Å². The largest absolute Gasteiger partial charge is 0.290 e. The lowest BCUT2D eigenvalue weighted by atomic mass is 10.3. The Morgan fingerprint density at radius 3 is 2.12 bits per heavy atom. The molecule has 3 heteroatoms. The number of hydrogen-bond donors (Lipinski definition) is 0. The van der Waals surface area contributed by atoms with Crippen molar-refractivity contribution in [3.63, 3.8) is 0 Å². The maximum Gasteiger partial charge on any atom is 0.290 e. The first-order valence-corrected chi connectivity index (χ1v) is 6.04. The fourth-order valence-electron chi connectivity index (χ4n) is 0.939. The molecule has 0 aromatic heterocycles. The fourth-order valence-corrected chi connectivity index (χ4v) is 3.69. The van der Waals surface area contributed by atoms with Gasteiger partial charge in [-0.05, 0) is 19.3 Å². The maximum absolute atomic E-state index is 10.2. The third kappa shape index (κ3) is 1.68. The van der Waals surface area contributed by atoms with Crippen LogP contribution in [0.15, 0.2) is 0 Å². The molecule has 1 rings (SSSR count). The highest BCUT2D eigenvalue weighted by Crippen LogP contribution is 2.30. The Morgan fingerprint density at radius 2 is 1.75 bits per heavy atom. The monoisotopic (exact) mass is 149 g/mol. The summed E-state index contributed by atoms with van der Waals surface area (Å²) < 4.78 is 10.2. The minimum atomic E-state index is -0.108. The Bertz CT molecular complexity index is 120. The van der Waals surface area contributed by atoms with Crippen LogP contribution in [0.4, 0.5) is 0 Å². The lowest BCUT2D eigenvalue weighted by molar-refractivity contribution is 0.700. The molecule has 1 aliphatic heterocycles. The van der Waals surface area contributed by atoms with Crippen LogP contribution < -0.4 is 0 Å². The van der Waals surface area contributed by atoms with E-state index in [1.54, 1.807) is 0 Å². The number of rotatable bonds is 0. The maximum atomic E-state index is 10.2. The molecule has 0 aromatic carbocycles. The molecule has 46 valence electrons. The SMILES string of the molecule is O=S=[P+]1CCCCC1. The van der Waals surface area contributed by atoms with Crippen LogP contribution in [0.3, 0.4) is 0 Å². The predicted octanol–water partition coefficient (Wildman–Crippen LogP) is 1.78. The topological polar surface area (TPSA) is 17.1 Å². The zero-order valence-electron chi connectivity index (χ0n) is 4.80. The molecule has 1 heterocycles. The first kappa shape index (κ1) is 6.44. The molecule has 0 radical (unpaired) electrons. The number of hydrogen-bond acceptors (Lipinski definition) is 1. The first-order valence-electron chi connectivity index (χ1n) is 2.98. The van der Waals surface area contributed by atoms with Crippen LogP contribution in [-0.4, -0.2) is 16.5 Å². The predicted molar refractivity (Wildman–Crippen MR) is 38.6 cm³/mol. The van der Waals surface area contributed by atoms with Crippen molar-refractivity contribution in [2.24, 2.45) is 0 Å². The van der Waals surface area contributed by atoms with E-state index < -0.39 is 0 Å². The molecule has 0 atom stereocenters. The molecule has 0 aliphatic carbocycles. The molecule has 0 bridgehead atoms.